The topological polar surface area (TPSA) is 61.2 Å². The van der Waals surface area contributed by atoms with Gasteiger partial charge in [0.25, 0.3) is 5.56 Å². The van der Waals surface area contributed by atoms with Gasteiger partial charge in [0.15, 0.2) is 5.16 Å². The number of nitrogens with zero attached hydrogens (tertiary/aromatic N) is 2. The maximum atomic E-state index is 12.1. The summed E-state index contributed by atoms with van der Waals surface area (Å²) in [6, 6.07) is 7.27. The van der Waals surface area contributed by atoms with Crippen molar-refractivity contribution in [3.8, 4) is 0 Å². The summed E-state index contributed by atoms with van der Waals surface area (Å²) in [4.78, 5) is 28.3. The molecule has 2 aromatic rings. The average molecular weight is 318 g/mol. The molecule has 1 aromatic carbocycles. The van der Waals surface area contributed by atoms with Gasteiger partial charge < -0.3 is 4.74 Å². The lowest BCUT2D eigenvalue weighted by molar-refractivity contribution is 0.0600. The van der Waals surface area contributed by atoms with Gasteiger partial charge in [-0.05, 0) is 25.5 Å². The summed E-state index contributed by atoms with van der Waals surface area (Å²) in [6.45, 7) is 3.59. The zero-order valence-corrected chi connectivity index (χ0v) is 13.9. The standard InChI is InChI=1S/C16H18N2O3S/c1-10-11(2)17-16(18(3)14(10)19)22-9-12-7-5-6-8-13(12)15(20)21-4/h5-8H,9H2,1-4H3. The van der Waals surface area contributed by atoms with E-state index >= 15 is 0 Å². The largest absolute Gasteiger partial charge is 0.465 e. The van der Waals surface area contributed by atoms with Crippen molar-refractivity contribution < 1.29 is 9.53 Å². The summed E-state index contributed by atoms with van der Waals surface area (Å²) in [5.41, 5.74) is 2.73. The van der Waals surface area contributed by atoms with E-state index in [-0.39, 0.29) is 11.5 Å². The lowest BCUT2D eigenvalue weighted by Gasteiger charge is -2.11. The number of hydrogen-bond acceptors (Lipinski definition) is 5. The molecule has 0 unspecified atom stereocenters. The smallest absolute Gasteiger partial charge is 0.338 e. The number of hydrogen-bond donors (Lipinski definition) is 0. The Bertz CT molecular complexity index is 768. The van der Waals surface area contributed by atoms with Crippen LogP contribution in [0.4, 0.5) is 0 Å². The molecule has 22 heavy (non-hydrogen) atoms. The number of ether oxygens (including phenoxy) is 1. The van der Waals surface area contributed by atoms with Gasteiger partial charge in [-0.3, -0.25) is 9.36 Å². The van der Waals surface area contributed by atoms with Gasteiger partial charge in [-0.25, -0.2) is 9.78 Å². The highest BCUT2D eigenvalue weighted by Gasteiger charge is 2.13. The lowest BCUT2D eigenvalue weighted by atomic mass is 10.1. The Balaban J connectivity index is 2.29. The van der Waals surface area contributed by atoms with E-state index in [0.717, 1.165) is 11.3 Å². The van der Waals surface area contributed by atoms with Crippen molar-refractivity contribution in [2.45, 2.75) is 24.8 Å². The number of thioether (sulfide) groups is 1. The first-order chi connectivity index (χ1) is 10.5. The first-order valence-electron chi connectivity index (χ1n) is 6.79. The highest BCUT2D eigenvalue weighted by atomic mass is 32.2. The van der Waals surface area contributed by atoms with E-state index in [0.29, 0.717) is 22.0 Å². The van der Waals surface area contributed by atoms with Crippen molar-refractivity contribution in [3.05, 3.63) is 57.0 Å². The van der Waals surface area contributed by atoms with Crippen molar-refractivity contribution >= 4 is 17.7 Å². The Labute approximate surface area is 133 Å². The lowest BCUT2D eigenvalue weighted by Crippen LogP contribution is -2.23. The first-order valence-corrected chi connectivity index (χ1v) is 7.77. The van der Waals surface area contributed by atoms with E-state index < -0.39 is 0 Å². The van der Waals surface area contributed by atoms with Gasteiger partial charge in [0, 0.05) is 24.1 Å². The van der Waals surface area contributed by atoms with Gasteiger partial charge in [-0.15, -0.1) is 0 Å². The normalized spacial score (nSPS) is 10.5. The second kappa shape index (κ2) is 6.79. The van der Waals surface area contributed by atoms with Crippen molar-refractivity contribution in [3.63, 3.8) is 0 Å². The highest BCUT2D eigenvalue weighted by molar-refractivity contribution is 7.98. The van der Waals surface area contributed by atoms with Gasteiger partial charge in [0.05, 0.1) is 12.7 Å². The third kappa shape index (κ3) is 3.22. The molecule has 0 saturated carbocycles. The van der Waals surface area contributed by atoms with Crippen molar-refractivity contribution in [1.29, 1.82) is 0 Å². The summed E-state index contributed by atoms with van der Waals surface area (Å²) < 4.78 is 6.32. The van der Waals surface area contributed by atoms with Crippen LogP contribution in [-0.2, 0) is 17.5 Å². The molecule has 0 atom stereocenters. The van der Waals surface area contributed by atoms with Crippen LogP contribution in [0.25, 0.3) is 0 Å². The van der Waals surface area contributed by atoms with Crippen LogP contribution in [0.5, 0.6) is 0 Å². The van der Waals surface area contributed by atoms with Gasteiger partial charge in [-0.1, -0.05) is 30.0 Å². The van der Waals surface area contributed by atoms with Crippen LogP contribution in [0.2, 0.25) is 0 Å². The van der Waals surface area contributed by atoms with Crippen LogP contribution >= 0.6 is 11.8 Å². The van der Waals surface area contributed by atoms with E-state index in [1.807, 2.05) is 19.1 Å². The molecule has 5 nitrogen and oxygen atoms in total. The average Bonchev–Trinajstić information content (AvgIpc) is 2.54. The maximum absolute atomic E-state index is 12.1. The quantitative estimate of drug-likeness (QED) is 0.492. The minimum absolute atomic E-state index is 0.0451. The van der Waals surface area contributed by atoms with E-state index in [2.05, 4.69) is 4.98 Å². The van der Waals surface area contributed by atoms with Crippen LogP contribution < -0.4 is 5.56 Å². The summed E-state index contributed by atoms with van der Waals surface area (Å²) in [5.74, 6) is 0.173. The second-order valence-electron chi connectivity index (χ2n) is 4.91. The zero-order valence-electron chi connectivity index (χ0n) is 13.0. The molecule has 1 aromatic heterocycles. The molecule has 116 valence electrons. The Morgan fingerprint density at radius 1 is 1.32 bits per heavy atom. The predicted octanol–water partition coefficient (Wildman–Crippen LogP) is 2.48. The van der Waals surface area contributed by atoms with E-state index in [1.165, 1.54) is 23.4 Å². The monoisotopic (exact) mass is 318 g/mol. The molecule has 0 amide bonds. The van der Waals surface area contributed by atoms with Crippen molar-refractivity contribution in [2.75, 3.05) is 7.11 Å². The molecule has 0 aliphatic heterocycles. The second-order valence-corrected chi connectivity index (χ2v) is 5.85. The third-order valence-corrected chi connectivity index (χ3v) is 4.58. The molecule has 0 bridgehead atoms. The van der Waals surface area contributed by atoms with Crippen LogP contribution in [0, 0.1) is 13.8 Å². The number of esters is 1. The van der Waals surface area contributed by atoms with Crippen LogP contribution in [0.1, 0.15) is 27.2 Å². The number of methoxy groups -OCH3 is 1. The first kappa shape index (κ1) is 16.3. The highest BCUT2D eigenvalue weighted by Crippen LogP contribution is 2.23. The summed E-state index contributed by atoms with van der Waals surface area (Å²) >= 11 is 1.42. The maximum Gasteiger partial charge on any atom is 0.338 e. The summed E-state index contributed by atoms with van der Waals surface area (Å²) in [5, 5.41) is 0.632. The van der Waals surface area contributed by atoms with Gasteiger partial charge in [-0.2, -0.15) is 0 Å². The summed E-state index contributed by atoms with van der Waals surface area (Å²) in [7, 11) is 3.07. The predicted molar refractivity (Wildman–Crippen MR) is 86.3 cm³/mol. The zero-order chi connectivity index (χ0) is 16.3. The van der Waals surface area contributed by atoms with Gasteiger partial charge in [0.2, 0.25) is 0 Å². The molecular formula is C16H18N2O3S. The Morgan fingerprint density at radius 3 is 2.68 bits per heavy atom. The molecular weight excluding hydrogens is 300 g/mol. The minimum Gasteiger partial charge on any atom is -0.465 e. The Hall–Kier alpha value is -2.08. The Morgan fingerprint density at radius 2 is 2.00 bits per heavy atom. The fraction of sp³-hybridized carbons (Fsp3) is 0.312. The molecule has 1 heterocycles. The molecule has 2 rings (SSSR count). The number of carbonyl (C=O) groups is 1. The third-order valence-electron chi connectivity index (χ3n) is 3.50. The van der Waals surface area contributed by atoms with Gasteiger partial charge >= 0.3 is 5.97 Å². The molecule has 0 saturated heterocycles. The molecule has 6 heteroatoms. The SMILES string of the molecule is COC(=O)c1ccccc1CSc1nc(C)c(C)c(=O)n1C. The number of aryl methyl sites for hydroxylation is 1. The number of benzene rings is 1. The number of aromatic nitrogens is 2. The molecule has 0 aliphatic rings. The van der Waals surface area contributed by atoms with Crippen molar-refractivity contribution in [1.82, 2.24) is 9.55 Å². The number of carbonyl (C=O) groups excluding carboxylic acids is 1. The van der Waals surface area contributed by atoms with Crippen LogP contribution in [0.15, 0.2) is 34.2 Å². The number of rotatable bonds is 4. The van der Waals surface area contributed by atoms with E-state index in [9.17, 15) is 9.59 Å². The van der Waals surface area contributed by atoms with Gasteiger partial charge in [0.1, 0.15) is 0 Å². The van der Waals surface area contributed by atoms with E-state index in [4.69, 9.17) is 4.74 Å². The molecule has 0 spiro atoms. The molecule has 0 aliphatic carbocycles. The molecule has 0 N–H and O–H groups in total. The van der Waals surface area contributed by atoms with Crippen LogP contribution in [-0.4, -0.2) is 22.6 Å². The van der Waals surface area contributed by atoms with Crippen molar-refractivity contribution in [2.24, 2.45) is 7.05 Å². The Kier molecular flexibility index (Phi) is 5.03. The van der Waals surface area contributed by atoms with Crippen LogP contribution in [0.3, 0.4) is 0 Å². The fourth-order valence-electron chi connectivity index (χ4n) is 2.02. The van der Waals surface area contributed by atoms with E-state index in [1.54, 1.807) is 26.1 Å². The molecule has 0 fully saturated rings. The summed E-state index contributed by atoms with van der Waals surface area (Å²) in [6.07, 6.45) is 0. The minimum atomic E-state index is -0.363. The fourth-order valence-corrected chi connectivity index (χ4v) is 3.04. The molecule has 0 radical (unpaired) electrons.